The minimum absolute atomic E-state index is 0.0141. The van der Waals surface area contributed by atoms with E-state index in [0.29, 0.717) is 17.9 Å². The first kappa shape index (κ1) is 14.1. The molecule has 96 valence electrons. The van der Waals surface area contributed by atoms with Crippen molar-refractivity contribution in [2.24, 2.45) is 0 Å². The number of hydrogen-bond acceptors (Lipinski definition) is 2. The molecule has 0 bridgehead atoms. The number of terminal acetylenes is 1. The summed E-state index contributed by atoms with van der Waals surface area (Å²) < 4.78 is 5.36. The lowest BCUT2D eigenvalue weighted by Crippen LogP contribution is -2.12. The number of unbranched alkanes of at least 4 members (excludes halogenated alkanes) is 2. The molecule has 1 amide bonds. The Labute approximate surface area is 109 Å². The first-order chi connectivity index (χ1) is 8.77. The second-order valence-electron chi connectivity index (χ2n) is 3.99. The average Bonchev–Trinajstić information content (AvgIpc) is 2.38. The van der Waals surface area contributed by atoms with Crippen LogP contribution >= 0.6 is 0 Å². The minimum Gasteiger partial charge on any atom is -0.479 e. The van der Waals surface area contributed by atoms with Crippen LogP contribution in [0.15, 0.2) is 24.3 Å². The van der Waals surface area contributed by atoms with E-state index in [1.165, 1.54) is 0 Å². The Kier molecular flexibility index (Phi) is 6.42. The van der Waals surface area contributed by atoms with E-state index in [-0.39, 0.29) is 12.5 Å². The Bertz CT molecular complexity index is 421. The molecular weight excluding hydrogens is 226 g/mol. The molecule has 0 saturated heterocycles. The van der Waals surface area contributed by atoms with Gasteiger partial charge < -0.3 is 10.1 Å². The van der Waals surface area contributed by atoms with Crippen LogP contribution in [0.2, 0.25) is 0 Å². The van der Waals surface area contributed by atoms with Gasteiger partial charge in [-0.3, -0.25) is 4.79 Å². The molecule has 0 spiro atoms. The van der Waals surface area contributed by atoms with Crippen molar-refractivity contribution in [3.05, 3.63) is 24.3 Å². The van der Waals surface area contributed by atoms with E-state index < -0.39 is 0 Å². The Hall–Kier alpha value is -1.95. The van der Waals surface area contributed by atoms with Gasteiger partial charge in [-0.05, 0) is 18.6 Å². The molecule has 1 N–H and O–H groups in total. The first-order valence-electron chi connectivity index (χ1n) is 6.23. The van der Waals surface area contributed by atoms with Crippen LogP contribution in [0.5, 0.6) is 5.75 Å². The fourth-order valence-corrected chi connectivity index (χ4v) is 1.56. The number of rotatable bonds is 7. The molecular formula is C15H19NO2. The third kappa shape index (κ3) is 4.92. The van der Waals surface area contributed by atoms with E-state index in [2.05, 4.69) is 18.2 Å². The molecule has 0 atom stereocenters. The summed E-state index contributed by atoms with van der Waals surface area (Å²) in [5.41, 5.74) is 0.675. The third-order valence-corrected chi connectivity index (χ3v) is 2.48. The third-order valence-electron chi connectivity index (χ3n) is 2.48. The van der Waals surface area contributed by atoms with Crippen molar-refractivity contribution in [3.8, 4) is 18.1 Å². The van der Waals surface area contributed by atoms with Crippen molar-refractivity contribution < 1.29 is 9.53 Å². The van der Waals surface area contributed by atoms with Gasteiger partial charge in [0.15, 0.2) is 0 Å². The standard InChI is InChI=1S/C15H19NO2/c1-3-5-6-11-15(17)16-13-9-7-8-10-14(13)18-12-4-2/h2,7-10H,3,5-6,11-12H2,1H3,(H,16,17). The number of hydrogen-bond donors (Lipinski definition) is 1. The molecule has 1 rings (SSSR count). The largest absolute Gasteiger partial charge is 0.479 e. The normalized spacial score (nSPS) is 9.56. The Morgan fingerprint density at radius 1 is 1.39 bits per heavy atom. The lowest BCUT2D eigenvalue weighted by molar-refractivity contribution is -0.116. The SMILES string of the molecule is C#CCOc1ccccc1NC(=O)CCCCC. The van der Waals surface area contributed by atoms with Gasteiger partial charge in [-0.15, -0.1) is 6.42 Å². The monoisotopic (exact) mass is 245 g/mol. The highest BCUT2D eigenvalue weighted by Gasteiger charge is 2.06. The number of amides is 1. The lowest BCUT2D eigenvalue weighted by Gasteiger charge is -2.10. The maximum atomic E-state index is 11.7. The van der Waals surface area contributed by atoms with E-state index in [1.807, 2.05) is 18.2 Å². The number of ether oxygens (including phenoxy) is 1. The lowest BCUT2D eigenvalue weighted by atomic mass is 10.2. The average molecular weight is 245 g/mol. The molecule has 1 aromatic carbocycles. The molecule has 0 heterocycles. The predicted molar refractivity (Wildman–Crippen MR) is 73.5 cm³/mol. The van der Waals surface area contributed by atoms with E-state index in [9.17, 15) is 4.79 Å². The highest BCUT2D eigenvalue weighted by atomic mass is 16.5. The molecule has 0 unspecified atom stereocenters. The molecule has 0 aliphatic carbocycles. The van der Waals surface area contributed by atoms with Crippen LogP contribution in [0.4, 0.5) is 5.69 Å². The van der Waals surface area contributed by atoms with E-state index in [1.54, 1.807) is 6.07 Å². The highest BCUT2D eigenvalue weighted by molar-refractivity contribution is 5.92. The van der Waals surface area contributed by atoms with Gasteiger partial charge in [0.25, 0.3) is 0 Å². The zero-order valence-corrected chi connectivity index (χ0v) is 10.7. The minimum atomic E-state index is 0.0141. The second kappa shape index (κ2) is 8.19. The first-order valence-corrected chi connectivity index (χ1v) is 6.23. The summed E-state index contributed by atoms with van der Waals surface area (Å²) in [6.45, 7) is 2.31. The second-order valence-corrected chi connectivity index (χ2v) is 3.99. The van der Waals surface area contributed by atoms with E-state index in [0.717, 1.165) is 19.3 Å². The maximum absolute atomic E-state index is 11.7. The van der Waals surface area contributed by atoms with Crippen LogP contribution in [0, 0.1) is 12.3 Å². The highest BCUT2D eigenvalue weighted by Crippen LogP contribution is 2.23. The maximum Gasteiger partial charge on any atom is 0.224 e. The van der Waals surface area contributed by atoms with E-state index >= 15 is 0 Å². The number of carbonyl (C=O) groups is 1. The fourth-order valence-electron chi connectivity index (χ4n) is 1.56. The summed E-state index contributed by atoms with van der Waals surface area (Å²) in [4.78, 5) is 11.7. The van der Waals surface area contributed by atoms with Crippen LogP contribution in [0.3, 0.4) is 0 Å². The summed E-state index contributed by atoms with van der Waals surface area (Å²) in [7, 11) is 0. The molecule has 0 fully saturated rings. The predicted octanol–water partition coefficient (Wildman–Crippen LogP) is 3.22. The molecule has 3 nitrogen and oxygen atoms in total. The van der Waals surface area contributed by atoms with Gasteiger partial charge >= 0.3 is 0 Å². The van der Waals surface area contributed by atoms with Crippen LogP contribution < -0.4 is 10.1 Å². The van der Waals surface area contributed by atoms with Crippen LogP contribution in [-0.4, -0.2) is 12.5 Å². The van der Waals surface area contributed by atoms with Gasteiger partial charge in [0.1, 0.15) is 12.4 Å². The van der Waals surface area contributed by atoms with Crippen LogP contribution in [0.25, 0.3) is 0 Å². The summed E-state index contributed by atoms with van der Waals surface area (Å²) >= 11 is 0. The van der Waals surface area contributed by atoms with Gasteiger partial charge in [-0.1, -0.05) is 37.8 Å². The quantitative estimate of drug-likeness (QED) is 0.591. The molecule has 0 aromatic heterocycles. The molecule has 0 aliphatic rings. The Morgan fingerprint density at radius 3 is 2.89 bits per heavy atom. The smallest absolute Gasteiger partial charge is 0.224 e. The van der Waals surface area contributed by atoms with Gasteiger partial charge in [-0.2, -0.15) is 0 Å². The Morgan fingerprint density at radius 2 is 2.17 bits per heavy atom. The van der Waals surface area contributed by atoms with Gasteiger partial charge in [-0.25, -0.2) is 0 Å². The van der Waals surface area contributed by atoms with Crippen molar-refractivity contribution >= 4 is 11.6 Å². The summed E-state index contributed by atoms with van der Waals surface area (Å²) in [5.74, 6) is 3.03. The van der Waals surface area contributed by atoms with Crippen molar-refractivity contribution in [2.75, 3.05) is 11.9 Å². The zero-order chi connectivity index (χ0) is 13.2. The number of benzene rings is 1. The molecule has 1 aromatic rings. The summed E-state index contributed by atoms with van der Waals surface area (Å²) in [5, 5.41) is 2.85. The van der Waals surface area contributed by atoms with Crippen molar-refractivity contribution in [1.82, 2.24) is 0 Å². The number of nitrogens with one attached hydrogen (secondary N) is 1. The van der Waals surface area contributed by atoms with Gasteiger partial charge in [0.05, 0.1) is 5.69 Å². The molecule has 0 radical (unpaired) electrons. The van der Waals surface area contributed by atoms with Crippen molar-refractivity contribution in [1.29, 1.82) is 0 Å². The van der Waals surface area contributed by atoms with Gasteiger partial charge in [0.2, 0.25) is 5.91 Å². The zero-order valence-electron chi connectivity index (χ0n) is 10.7. The van der Waals surface area contributed by atoms with Gasteiger partial charge in [0, 0.05) is 6.42 Å². The molecule has 18 heavy (non-hydrogen) atoms. The summed E-state index contributed by atoms with van der Waals surface area (Å²) in [6.07, 6.45) is 8.78. The Balaban J connectivity index is 2.55. The topological polar surface area (TPSA) is 38.3 Å². The molecule has 0 aliphatic heterocycles. The van der Waals surface area contributed by atoms with E-state index in [4.69, 9.17) is 11.2 Å². The van der Waals surface area contributed by atoms with Crippen LogP contribution in [0.1, 0.15) is 32.6 Å². The van der Waals surface area contributed by atoms with Crippen molar-refractivity contribution in [2.45, 2.75) is 32.6 Å². The molecule has 3 heteroatoms. The fraction of sp³-hybridized carbons (Fsp3) is 0.400. The number of para-hydroxylation sites is 2. The number of anilines is 1. The van der Waals surface area contributed by atoms with Crippen LogP contribution in [-0.2, 0) is 4.79 Å². The summed E-state index contributed by atoms with van der Waals surface area (Å²) in [6, 6.07) is 7.30. The van der Waals surface area contributed by atoms with Crippen molar-refractivity contribution in [3.63, 3.8) is 0 Å². The molecule has 0 saturated carbocycles. The number of carbonyl (C=O) groups excluding carboxylic acids is 1.